The lowest BCUT2D eigenvalue weighted by molar-refractivity contribution is -0.140. The van der Waals surface area contributed by atoms with Gasteiger partial charge in [0, 0.05) is 5.56 Å². The number of esters is 1. The second-order valence-corrected chi connectivity index (χ2v) is 16.7. The minimum absolute atomic E-state index is 0.0512. The van der Waals surface area contributed by atoms with Crippen molar-refractivity contribution in [3.05, 3.63) is 28.6 Å². The first-order valence-corrected chi connectivity index (χ1v) is 17.9. The molecule has 2 heterocycles. The molecule has 1 saturated carbocycles. The molecule has 266 valence electrons. The topological polar surface area (TPSA) is 132 Å². The zero-order valence-electron chi connectivity index (χ0n) is 28.9. The summed E-state index contributed by atoms with van der Waals surface area (Å²) >= 11 is 2.15. The van der Waals surface area contributed by atoms with Crippen molar-refractivity contribution in [2.45, 2.75) is 121 Å². The van der Waals surface area contributed by atoms with Gasteiger partial charge in [-0.25, -0.2) is 22.8 Å². The molecule has 2 N–H and O–H groups in total. The summed E-state index contributed by atoms with van der Waals surface area (Å²) in [5, 5.41) is 7.23. The molecule has 1 aliphatic carbocycles. The van der Waals surface area contributed by atoms with Crippen LogP contribution >= 0.6 is 23.1 Å². The third kappa shape index (κ3) is 7.91. The standard InChI is InChI=1S/C32H45BF3N3O7S2/c1-10-12-13-42-26(40)21-23(35)24(36)22(34)17(25(21)43-29(41)44-30(4,5)6)15-20(47-28-39-38-27(37)48-28)33-45-19(11-2)32(9,46-33)18-14-16(3)31(18,7)8/h16,18-20H,10-15H2,1-9H3,(H2,37,38)/t16-,18?,19?,20?,32?/m1/s1. The zero-order chi connectivity index (χ0) is 35.8. The predicted octanol–water partition coefficient (Wildman–Crippen LogP) is 7.81. The Morgan fingerprint density at radius 3 is 2.38 bits per heavy atom. The van der Waals surface area contributed by atoms with Crippen LogP contribution in [0.3, 0.4) is 0 Å². The van der Waals surface area contributed by atoms with Crippen LogP contribution in [0.25, 0.3) is 0 Å². The molecule has 1 aromatic carbocycles. The summed E-state index contributed by atoms with van der Waals surface area (Å²) in [6, 6.07) is 0. The molecule has 4 unspecified atom stereocenters. The summed E-state index contributed by atoms with van der Waals surface area (Å²) < 4.78 is 76.1. The molecule has 0 amide bonds. The van der Waals surface area contributed by atoms with Crippen LogP contribution in [0.4, 0.5) is 23.1 Å². The second kappa shape index (κ2) is 14.7. The second-order valence-electron chi connectivity index (χ2n) is 14.2. The summed E-state index contributed by atoms with van der Waals surface area (Å²) in [5.74, 6) is -7.03. The van der Waals surface area contributed by atoms with Gasteiger partial charge in [0.2, 0.25) is 5.13 Å². The Balaban J connectivity index is 1.82. The molecule has 0 bridgehead atoms. The highest BCUT2D eigenvalue weighted by Gasteiger charge is 2.62. The SMILES string of the molecule is CCCCOC(=O)c1c(F)c(F)c(F)c(CC(Sc2nnc(N)s2)B2OC(CC)C(C)(C3C[C@@H](C)C3(C)C)O2)c1OC(=O)OC(C)(C)C. The summed E-state index contributed by atoms with van der Waals surface area (Å²) in [6.07, 6.45) is 0.436. The number of hydrogen-bond donors (Lipinski definition) is 1. The van der Waals surface area contributed by atoms with Crippen LogP contribution in [0.5, 0.6) is 5.75 Å². The van der Waals surface area contributed by atoms with Crippen molar-refractivity contribution < 1.29 is 46.3 Å². The van der Waals surface area contributed by atoms with Gasteiger partial charge in [0.25, 0.3) is 0 Å². The van der Waals surface area contributed by atoms with Gasteiger partial charge in [-0.2, -0.15) is 0 Å². The van der Waals surface area contributed by atoms with E-state index in [1.165, 1.54) is 0 Å². The third-order valence-electron chi connectivity index (χ3n) is 9.39. The first-order chi connectivity index (χ1) is 22.3. The Hall–Kier alpha value is -2.56. The van der Waals surface area contributed by atoms with Gasteiger partial charge in [0.05, 0.1) is 23.5 Å². The number of nitrogen functional groups attached to an aromatic ring is 1. The van der Waals surface area contributed by atoms with Crippen molar-refractivity contribution in [2.24, 2.45) is 17.3 Å². The Morgan fingerprint density at radius 2 is 1.83 bits per heavy atom. The van der Waals surface area contributed by atoms with E-state index in [0.717, 1.165) is 29.5 Å². The maximum atomic E-state index is 15.9. The number of carbonyl (C=O) groups is 2. The number of nitrogens with two attached hydrogens (primary N) is 1. The first-order valence-electron chi connectivity index (χ1n) is 16.2. The number of carbonyl (C=O) groups excluding carboxylic acids is 2. The number of hydrogen-bond acceptors (Lipinski definition) is 12. The molecule has 5 atom stereocenters. The lowest BCUT2D eigenvalue weighted by atomic mass is 9.50. The number of halogens is 3. The van der Waals surface area contributed by atoms with E-state index in [4.69, 9.17) is 29.3 Å². The molecule has 2 aromatic rings. The summed E-state index contributed by atoms with van der Waals surface area (Å²) in [6.45, 7) is 16.9. The summed E-state index contributed by atoms with van der Waals surface area (Å²) in [4.78, 5) is 26.1. The van der Waals surface area contributed by atoms with Crippen molar-refractivity contribution in [1.82, 2.24) is 10.2 Å². The molecule has 10 nitrogen and oxygen atoms in total. The van der Waals surface area contributed by atoms with Crippen LogP contribution < -0.4 is 10.5 Å². The largest absolute Gasteiger partial charge is 0.514 e. The van der Waals surface area contributed by atoms with Gasteiger partial charge < -0.3 is 29.3 Å². The molecule has 1 aliphatic heterocycles. The predicted molar refractivity (Wildman–Crippen MR) is 177 cm³/mol. The molecule has 1 saturated heterocycles. The normalized spacial score (nSPS) is 24.2. The van der Waals surface area contributed by atoms with Crippen molar-refractivity contribution in [3.63, 3.8) is 0 Å². The highest BCUT2D eigenvalue weighted by atomic mass is 32.2. The molecule has 4 rings (SSSR count). The number of aromatic nitrogens is 2. The fraction of sp³-hybridized carbons (Fsp3) is 0.688. The number of ether oxygens (including phenoxy) is 3. The smallest absolute Gasteiger partial charge is 0.462 e. The minimum Gasteiger partial charge on any atom is -0.462 e. The molecule has 48 heavy (non-hydrogen) atoms. The average Bonchev–Trinajstić information content (AvgIpc) is 3.57. The van der Waals surface area contributed by atoms with E-state index in [0.29, 0.717) is 29.5 Å². The first kappa shape index (κ1) is 38.3. The molecular formula is C32H45BF3N3O7S2. The van der Waals surface area contributed by atoms with Crippen LogP contribution in [0.15, 0.2) is 4.34 Å². The number of benzene rings is 1. The van der Waals surface area contributed by atoms with E-state index >= 15 is 13.2 Å². The van der Waals surface area contributed by atoms with Gasteiger partial charge in [-0.1, -0.05) is 64.1 Å². The Labute approximate surface area is 288 Å². The van der Waals surface area contributed by atoms with Gasteiger partial charge in [-0.3, -0.25) is 0 Å². The fourth-order valence-electron chi connectivity index (χ4n) is 6.43. The molecule has 1 aromatic heterocycles. The summed E-state index contributed by atoms with van der Waals surface area (Å²) in [5.41, 5.74) is 2.32. The van der Waals surface area contributed by atoms with Gasteiger partial charge in [-0.05, 0) is 70.6 Å². The van der Waals surface area contributed by atoms with E-state index in [1.807, 2.05) is 20.8 Å². The fourth-order valence-corrected chi connectivity index (χ4v) is 8.42. The van der Waals surface area contributed by atoms with Crippen LogP contribution in [0, 0.1) is 34.7 Å². The Morgan fingerprint density at radius 1 is 1.15 bits per heavy atom. The number of nitrogens with zero attached hydrogens (tertiary/aromatic N) is 2. The minimum atomic E-state index is -1.93. The van der Waals surface area contributed by atoms with E-state index < -0.39 is 76.3 Å². The number of rotatable bonds is 12. The lowest BCUT2D eigenvalue weighted by Gasteiger charge is -2.58. The van der Waals surface area contributed by atoms with E-state index in [2.05, 4.69) is 31.0 Å². The van der Waals surface area contributed by atoms with Crippen LogP contribution in [0.1, 0.15) is 104 Å². The van der Waals surface area contributed by atoms with E-state index in [1.54, 1.807) is 20.8 Å². The summed E-state index contributed by atoms with van der Waals surface area (Å²) in [7, 11) is -1.01. The van der Waals surface area contributed by atoms with Crippen molar-refractivity contribution in [3.8, 4) is 5.75 Å². The van der Waals surface area contributed by atoms with Crippen molar-refractivity contribution in [1.29, 1.82) is 0 Å². The van der Waals surface area contributed by atoms with Crippen LogP contribution in [-0.2, 0) is 25.2 Å². The maximum Gasteiger partial charge on any atom is 0.514 e. The van der Waals surface area contributed by atoms with Crippen molar-refractivity contribution >= 4 is 47.5 Å². The molecule has 0 radical (unpaired) electrons. The number of thioether (sulfide) groups is 1. The van der Waals surface area contributed by atoms with Crippen molar-refractivity contribution in [2.75, 3.05) is 12.3 Å². The average molecular weight is 716 g/mol. The van der Waals surface area contributed by atoms with Gasteiger partial charge in [-0.15, -0.1) is 10.2 Å². The zero-order valence-corrected chi connectivity index (χ0v) is 30.5. The van der Waals surface area contributed by atoms with Gasteiger partial charge in [0.1, 0.15) is 11.2 Å². The molecule has 2 aliphatic rings. The number of unbranched alkanes of at least 4 members (excludes halogenated alkanes) is 1. The van der Waals surface area contributed by atoms with E-state index in [9.17, 15) is 9.59 Å². The Kier molecular flexibility index (Phi) is 11.7. The van der Waals surface area contributed by atoms with E-state index in [-0.39, 0.29) is 29.2 Å². The molecule has 2 fully saturated rings. The third-order valence-corrected chi connectivity index (χ3v) is 11.5. The Bertz CT molecular complexity index is 1510. The highest BCUT2D eigenvalue weighted by Crippen LogP contribution is 2.59. The lowest BCUT2D eigenvalue weighted by Crippen LogP contribution is -2.58. The van der Waals surface area contributed by atoms with Crippen LogP contribution in [-0.4, -0.2) is 58.5 Å². The number of anilines is 1. The maximum absolute atomic E-state index is 15.9. The monoisotopic (exact) mass is 715 g/mol. The highest BCUT2D eigenvalue weighted by molar-refractivity contribution is 8.02. The van der Waals surface area contributed by atoms with Gasteiger partial charge >= 0.3 is 19.2 Å². The van der Waals surface area contributed by atoms with Crippen LogP contribution in [0.2, 0.25) is 0 Å². The molecule has 0 spiro atoms. The van der Waals surface area contributed by atoms with Gasteiger partial charge in [0.15, 0.2) is 27.5 Å². The quantitative estimate of drug-likeness (QED) is 0.0577. The molecular weight excluding hydrogens is 670 g/mol. The molecule has 16 heteroatoms.